The van der Waals surface area contributed by atoms with Crippen molar-refractivity contribution in [1.82, 2.24) is 0 Å². The second kappa shape index (κ2) is 7.50. The number of ketones is 2. The van der Waals surface area contributed by atoms with Crippen molar-refractivity contribution < 1.29 is 34.8 Å². The minimum Gasteiger partial charge on any atom is -0.508 e. The molecule has 0 aliphatic heterocycles. The average molecular weight is 388 g/mol. The molecule has 0 fully saturated rings. The molecule has 2 aliphatic carbocycles. The van der Waals surface area contributed by atoms with Crippen LogP contribution in [0, 0.1) is 12.8 Å². The van der Waals surface area contributed by atoms with Gasteiger partial charge in [-0.15, -0.1) is 0 Å². The number of aromatic hydroxyl groups is 1. The van der Waals surface area contributed by atoms with E-state index in [9.17, 15) is 30.0 Å². The van der Waals surface area contributed by atoms with E-state index in [2.05, 4.69) is 0 Å². The number of fused-ring (bicyclic) bond motifs is 1. The first-order valence-corrected chi connectivity index (χ1v) is 9.09. The Bertz CT molecular complexity index is 894. The second-order valence-corrected chi connectivity index (χ2v) is 7.41. The Kier molecular flexibility index (Phi) is 5.43. The zero-order chi connectivity index (χ0) is 20.7. The Hall–Kier alpha value is -2.48. The molecule has 0 saturated carbocycles. The van der Waals surface area contributed by atoms with Crippen LogP contribution in [0.1, 0.15) is 34.8 Å². The summed E-state index contributed by atoms with van der Waals surface area (Å²) in [7, 11) is 1.31. The van der Waals surface area contributed by atoms with Crippen LogP contribution >= 0.6 is 0 Å². The quantitative estimate of drug-likeness (QED) is 0.603. The van der Waals surface area contributed by atoms with Crippen molar-refractivity contribution in [3.05, 3.63) is 51.8 Å². The Labute approximate surface area is 162 Å². The zero-order valence-corrected chi connectivity index (χ0v) is 16.0. The van der Waals surface area contributed by atoms with Gasteiger partial charge >= 0.3 is 0 Å². The molecule has 0 bridgehead atoms. The largest absolute Gasteiger partial charge is 0.508 e. The number of Topliss-reactive ketones (excluding diaryl/α,β-unsaturated/α-hetero) is 2. The number of phenols is 1. The summed E-state index contributed by atoms with van der Waals surface area (Å²) in [5, 5.41) is 40.2. The SMILES string of the molecule is CO[C@H](C(=O)[C@@H](O)[C@@H](C)O)[C@H]1C=C(O)C2=C(Cc3ccc(C)c(O)c3C2=O)C1. The van der Waals surface area contributed by atoms with Gasteiger partial charge in [0.2, 0.25) is 5.78 Å². The van der Waals surface area contributed by atoms with Crippen LogP contribution in [-0.4, -0.2) is 57.4 Å². The highest BCUT2D eigenvalue weighted by atomic mass is 16.5. The molecule has 7 heteroatoms. The van der Waals surface area contributed by atoms with E-state index in [1.54, 1.807) is 19.1 Å². The first kappa shape index (κ1) is 20.3. The Morgan fingerprint density at radius 2 is 1.93 bits per heavy atom. The predicted molar refractivity (Wildman–Crippen MR) is 100 cm³/mol. The number of allylic oxidation sites excluding steroid dienone is 2. The molecule has 7 nitrogen and oxygen atoms in total. The molecule has 2 aliphatic rings. The number of hydrogen-bond donors (Lipinski definition) is 4. The Morgan fingerprint density at radius 3 is 2.54 bits per heavy atom. The zero-order valence-electron chi connectivity index (χ0n) is 16.0. The molecular formula is C21H24O7. The molecule has 150 valence electrons. The smallest absolute Gasteiger partial charge is 0.200 e. The summed E-state index contributed by atoms with van der Waals surface area (Å²) >= 11 is 0. The van der Waals surface area contributed by atoms with Gasteiger partial charge in [0, 0.05) is 13.0 Å². The summed E-state index contributed by atoms with van der Waals surface area (Å²) in [4.78, 5) is 25.4. The van der Waals surface area contributed by atoms with Gasteiger partial charge < -0.3 is 25.2 Å². The lowest BCUT2D eigenvalue weighted by molar-refractivity contribution is -0.144. The molecule has 1 aromatic rings. The van der Waals surface area contributed by atoms with E-state index in [1.165, 1.54) is 20.1 Å². The fraction of sp³-hybridized carbons (Fsp3) is 0.429. The summed E-state index contributed by atoms with van der Waals surface area (Å²) in [6.07, 6.45) is -1.95. The summed E-state index contributed by atoms with van der Waals surface area (Å²) in [6, 6.07) is 3.50. The summed E-state index contributed by atoms with van der Waals surface area (Å²) in [6.45, 7) is 3.00. The van der Waals surface area contributed by atoms with Crippen LogP contribution < -0.4 is 0 Å². The number of aliphatic hydroxyl groups is 3. The van der Waals surface area contributed by atoms with Gasteiger partial charge in [-0.3, -0.25) is 9.59 Å². The van der Waals surface area contributed by atoms with Crippen molar-refractivity contribution in [2.24, 2.45) is 5.92 Å². The van der Waals surface area contributed by atoms with Crippen LogP contribution in [-0.2, 0) is 16.0 Å². The number of aryl methyl sites for hydroxylation is 1. The van der Waals surface area contributed by atoms with Crippen LogP contribution in [0.5, 0.6) is 5.75 Å². The van der Waals surface area contributed by atoms with E-state index in [-0.39, 0.29) is 29.1 Å². The van der Waals surface area contributed by atoms with E-state index in [1.807, 2.05) is 0 Å². The molecule has 0 heterocycles. The first-order valence-electron chi connectivity index (χ1n) is 9.09. The lowest BCUT2D eigenvalue weighted by Gasteiger charge is -2.32. The fourth-order valence-corrected chi connectivity index (χ4v) is 3.95. The number of hydrogen-bond acceptors (Lipinski definition) is 7. The predicted octanol–water partition coefficient (Wildman–Crippen LogP) is 1.52. The van der Waals surface area contributed by atoms with Gasteiger partial charge in [-0.2, -0.15) is 0 Å². The normalized spacial score (nSPS) is 22.1. The molecule has 0 spiro atoms. The van der Waals surface area contributed by atoms with E-state index >= 15 is 0 Å². The highest BCUT2D eigenvalue weighted by molar-refractivity contribution is 6.15. The van der Waals surface area contributed by atoms with Crippen LogP contribution in [0.4, 0.5) is 0 Å². The standard InChI is InChI=1S/C21H24O7/c1-9-4-5-11-6-12-7-13(21(28-3)20(27)18(25)10(2)22)8-14(23)15(12)19(26)16(11)17(9)24/h4-5,8,10,13,18,21-25H,6-7H2,1-3H3/t10-,13-,18+,21+/m1/s1. The van der Waals surface area contributed by atoms with E-state index in [4.69, 9.17) is 4.74 Å². The number of carbonyl (C=O) groups excluding carboxylic acids is 2. The highest BCUT2D eigenvalue weighted by Gasteiger charge is 2.40. The van der Waals surface area contributed by atoms with Crippen molar-refractivity contribution in [1.29, 1.82) is 0 Å². The lowest BCUT2D eigenvalue weighted by atomic mass is 9.74. The summed E-state index contributed by atoms with van der Waals surface area (Å²) in [5.41, 5.74) is 2.21. The molecule has 0 amide bonds. The van der Waals surface area contributed by atoms with E-state index in [0.717, 1.165) is 0 Å². The van der Waals surface area contributed by atoms with Crippen molar-refractivity contribution in [2.75, 3.05) is 7.11 Å². The van der Waals surface area contributed by atoms with Gasteiger partial charge in [0.05, 0.1) is 17.2 Å². The molecule has 4 N–H and O–H groups in total. The molecule has 0 aromatic heterocycles. The maximum Gasteiger partial charge on any atom is 0.200 e. The molecule has 4 atom stereocenters. The van der Waals surface area contributed by atoms with Crippen LogP contribution in [0.2, 0.25) is 0 Å². The molecular weight excluding hydrogens is 364 g/mol. The first-order chi connectivity index (χ1) is 13.2. The molecule has 0 saturated heterocycles. The highest BCUT2D eigenvalue weighted by Crippen LogP contribution is 2.41. The van der Waals surface area contributed by atoms with Gasteiger partial charge in [-0.25, -0.2) is 0 Å². The molecule has 0 unspecified atom stereocenters. The molecule has 3 rings (SSSR count). The molecule has 1 aromatic carbocycles. The van der Waals surface area contributed by atoms with Crippen molar-refractivity contribution >= 4 is 11.6 Å². The maximum absolute atomic E-state index is 12.9. The number of rotatable bonds is 5. The van der Waals surface area contributed by atoms with Crippen molar-refractivity contribution in [2.45, 2.75) is 45.0 Å². The number of aliphatic hydroxyl groups excluding tert-OH is 3. The molecule has 0 radical (unpaired) electrons. The van der Waals surface area contributed by atoms with E-state index in [0.29, 0.717) is 23.1 Å². The maximum atomic E-state index is 12.9. The summed E-state index contributed by atoms with van der Waals surface area (Å²) in [5.74, 6) is -2.10. The van der Waals surface area contributed by atoms with Crippen LogP contribution in [0.25, 0.3) is 0 Å². The minimum absolute atomic E-state index is 0.0889. The van der Waals surface area contributed by atoms with Crippen molar-refractivity contribution in [3.63, 3.8) is 0 Å². The third-order valence-electron chi connectivity index (χ3n) is 5.46. The Morgan fingerprint density at radius 1 is 1.25 bits per heavy atom. The third kappa shape index (κ3) is 3.26. The Balaban J connectivity index is 1.95. The monoisotopic (exact) mass is 388 g/mol. The average Bonchev–Trinajstić information content (AvgIpc) is 2.64. The lowest BCUT2D eigenvalue weighted by Crippen LogP contribution is -2.44. The second-order valence-electron chi connectivity index (χ2n) is 7.41. The van der Waals surface area contributed by atoms with Crippen molar-refractivity contribution in [3.8, 4) is 5.75 Å². The van der Waals surface area contributed by atoms with Gasteiger partial charge in [0.25, 0.3) is 0 Å². The van der Waals surface area contributed by atoms with Crippen LogP contribution in [0.3, 0.4) is 0 Å². The number of phenolic OH excluding ortho intramolecular Hbond substituents is 1. The number of benzene rings is 1. The van der Waals surface area contributed by atoms with Gasteiger partial charge in [-0.1, -0.05) is 17.7 Å². The van der Waals surface area contributed by atoms with Gasteiger partial charge in [0.1, 0.15) is 23.7 Å². The number of ether oxygens (including phenoxy) is 1. The van der Waals surface area contributed by atoms with E-state index < -0.39 is 35.8 Å². The summed E-state index contributed by atoms with van der Waals surface area (Å²) < 4.78 is 5.26. The van der Waals surface area contributed by atoms with Crippen LogP contribution in [0.15, 0.2) is 35.1 Å². The third-order valence-corrected chi connectivity index (χ3v) is 5.46. The topological polar surface area (TPSA) is 124 Å². The minimum atomic E-state index is -1.61. The fourth-order valence-electron chi connectivity index (χ4n) is 3.95. The van der Waals surface area contributed by atoms with Gasteiger partial charge in [0.15, 0.2) is 5.78 Å². The molecule has 28 heavy (non-hydrogen) atoms. The van der Waals surface area contributed by atoms with Gasteiger partial charge in [-0.05, 0) is 43.9 Å². The number of carbonyl (C=O) groups is 2. The number of methoxy groups -OCH3 is 1.